The predicted octanol–water partition coefficient (Wildman–Crippen LogP) is 1.43. The Morgan fingerprint density at radius 2 is 1.79 bits per heavy atom. The fourth-order valence-electron chi connectivity index (χ4n) is 2.90. The average molecular weight is 335 g/mol. The van der Waals surface area contributed by atoms with Crippen LogP contribution in [0.4, 0.5) is 0 Å². The molecule has 6 heteroatoms. The average Bonchev–Trinajstić information content (AvgIpc) is 2.60. The van der Waals surface area contributed by atoms with Crippen molar-refractivity contribution in [2.75, 3.05) is 7.05 Å². The Labute approximate surface area is 144 Å². The molecule has 0 saturated carbocycles. The van der Waals surface area contributed by atoms with Crippen LogP contribution in [-0.4, -0.2) is 35.7 Å². The number of carbonyl (C=O) groups excluding carboxylic acids is 3. The van der Waals surface area contributed by atoms with Crippen LogP contribution in [0.2, 0.25) is 0 Å². The lowest BCUT2D eigenvalue weighted by Gasteiger charge is -2.26. The van der Waals surface area contributed by atoms with Crippen molar-refractivity contribution in [3.05, 3.63) is 23.9 Å². The Bertz CT molecular complexity index is 564. The van der Waals surface area contributed by atoms with E-state index in [0.717, 1.165) is 5.57 Å². The van der Waals surface area contributed by atoms with Gasteiger partial charge in [0, 0.05) is 19.2 Å². The van der Waals surface area contributed by atoms with Crippen molar-refractivity contribution in [3.63, 3.8) is 0 Å². The van der Waals surface area contributed by atoms with Gasteiger partial charge in [-0.15, -0.1) is 0 Å². The molecule has 0 aromatic heterocycles. The van der Waals surface area contributed by atoms with Crippen LogP contribution in [-0.2, 0) is 14.4 Å². The molecule has 1 aliphatic rings. The summed E-state index contributed by atoms with van der Waals surface area (Å²) in [4.78, 5) is 38.1. The number of nitrogens with zero attached hydrogens (tertiary/aromatic N) is 1. The fraction of sp³-hybridized carbons (Fsp3) is 0.611. The molecule has 0 aliphatic carbocycles. The molecule has 1 heterocycles. The first-order valence-corrected chi connectivity index (χ1v) is 8.32. The molecule has 1 aliphatic heterocycles. The van der Waals surface area contributed by atoms with Crippen molar-refractivity contribution in [3.8, 4) is 0 Å². The maximum atomic E-state index is 12.6. The Morgan fingerprint density at radius 3 is 2.25 bits per heavy atom. The van der Waals surface area contributed by atoms with E-state index in [1.807, 2.05) is 33.8 Å². The van der Waals surface area contributed by atoms with E-state index in [2.05, 4.69) is 5.32 Å². The summed E-state index contributed by atoms with van der Waals surface area (Å²) < 4.78 is 0. The second kappa shape index (κ2) is 8.13. The number of rotatable bonds is 6. The van der Waals surface area contributed by atoms with Gasteiger partial charge < -0.3 is 16.0 Å². The van der Waals surface area contributed by atoms with Crippen LogP contribution in [0.15, 0.2) is 23.9 Å². The standard InChI is InChI=1S/C18H29N3O3/c1-10(2)13-7-8-21(6)18(24)14(9-13)20-17(23)12(5)15(11(3)4)16(19)22/h7-12,14-15H,1-6H3,(H2,19,22)(H,20,23)/t12-,14?,15?/m0/s1. The lowest BCUT2D eigenvalue weighted by molar-refractivity contribution is -0.137. The highest BCUT2D eigenvalue weighted by Crippen LogP contribution is 2.22. The third kappa shape index (κ3) is 4.69. The summed E-state index contributed by atoms with van der Waals surface area (Å²) in [6, 6.07) is -0.752. The topological polar surface area (TPSA) is 92.5 Å². The molecule has 3 amide bonds. The summed E-state index contributed by atoms with van der Waals surface area (Å²) in [7, 11) is 1.65. The monoisotopic (exact) mass is 335 g/mol. The lowest BCUT2D eigenvalue weighted by atomic mass is 9.83. The Balaban J connectivity index is 3.00. The lowest BCUT2D eigenvalue weighted by Crippen LogP contribution is -2.49. The normalized spacial score (nSPS) is 20.7. The number of allylic oxidation sites excluding steroid dienone is 2. The number of amides is 3. The molecular formula is C18H29N3O3. The molecule has 0 bridgehead atoms. The molecule has 0 spiro atoms. The van der Waals surface area contributed by atoms with Gasteiger partial charge in [-0.1, -0.05) is 34.6 Å². The van der Waals surface area contributed by atoms with Crippen LogP contribution in [0.5, 0.6) is 0 Å². The molecule has 24 heavy (non-hydrogen) atoms. The second-order valence-corrected chi connectivity index (χ2v) is 7.03. The van der Waals surface area contributed by atoms with E-state index >= 15 is 0 Å². The maximum absolute atomic E-state index is 12.6. The zero-order chi connectivity index (χ0) is 18.6. The number of carbonyl (C=O) groups is 3. The maximum Gasteiger partial charge on any atom is 0.252 e. The van der Waals surface area contributed by atoms with Crippen LogP contribution in [0.3, 0.4) is 0 Å². The molecule has 3 N–H and O–H groups in total. The van der Waals surface area contributed by atoms with Gasteiger partial charge >= 0.3 is 0 Å². The van der Waals surface area contributed by atoms with Crippen LogP contribution in [0.1, 0.15) is 34.6 Å². The molecule has 2 unspecified atom stereocenters. The molecule has 0 aromatic carbocycles. The van der Waals surface area contributed by atoms with E-state index in [-0.39, 0.29) is 23.7 Å². The number of nitrogens with two attached hydrogens (primary N) is 1. The van der Waals surface area contributed by atoms with Crippen molar-refractivity contribution in [2.24, 2.45) is 29.4 Å². The van der Waals surface area contributed by atoms with Crippen molar-refractivity contribution in [1.82, 2.24) is 10.2 Å². The summed E-state index contributed by atoms with van der Waals surface area (Å²) in [5.74, 6) is -2.08. The molecule has 0 aromatic rings. The number of hydrogen-bond acceptors (Lipinski definition) is 3. The SMILES string of the molecule is CC(C)C1=CC(NC(=O)[C@@H](C)C(C(N)=O)C(C)C)C(=O)N(C)C=C1. The van der Waals surface area contributed by atoms with Gasteiger partial charge in [-0.2, -0.15) is 0 Å². The number of hydrogen-bond donors (Lipinski definition) is 2. The predicted molar refractivity (Wildman–Crippen MR) is 93.4 cm³/mol. The minimum absolute atomic E-state index is 0.0563. The number of likely N-dealkylation sites (N-methyl/N-ethyl adjacent to an activating group) is 1. The largest absolute Gasteiger partial charge is 0.369 e. The van der Waals surface area contributed by atoms with Gasteiger partial charge in [0.25, 0.3) is 5.91 Å². The Morgan fingerprint density at radius 1 is 1.21 bits per heavy atom. The van der Waals surface area contributed by atoms with E-state index in [9.17, 15) is 14.4 Å². The first-order valence-electron chi connectivity index (χ1n) is 8.32. The van der Waals surface area contributed by atoms with Gasteiger partial charge in [-0.25, -0.2) is 0 Å². The first kappa shape index (κ1) is 19.9. The fourth-order valence-corrected chi connectivity index (χ4v) is 2.90. The van der Waals surface area contributed by atoms with Gasteiger partial charge in [-0.05, 0) is 29.6 Å². The summed E-state index contributed by atoms with van der Waals surface area (Å²) in [6.07, 6.45) is 5.34. The highest BCUT2D eigenvalue weighted by molar-refractivity contribution is 5.92. The molecular weight excluding hydrogens is 306 g/mol. The van der Waals surface area contributed by atoms with E-state index < -0.39 is 23.8 Å². The van der Waals surface area contributed by atoms with Crippen molar-refractivity contribution in [2.45, 2.75) is 40.7 Å². The molecule has 1 rings (SSSR count). The minimum Gasteiger partial charge on any atom is -0.369 e. The molecule has 134 valence electrons. The van der Waals surface area contributed by atoms with Crippen LogP contribution < -0.4 is 11.1 Å². The Kier molecular flexibility index (Phi) is 6.75. The molecule has 0 saturated heterocycles. The van der Waals surface area contributed by atoms with Crippen LogP contribution in [0, 0.1) is 23.7 Å². The summed E-state index contributed by atoms with van der Waals surface area (Å²) >= 11 is 0. The first-order chi connectivity index (χ1) is 11.1. The summed E-state index contributed by atoms with van der Waals surface area (Å²) in [6.45, 7) is 9.42. The summed E-state index contributed by atoms with van der Waals surface area (Å²) in [5, 5.41) is 2.76. The third-order valence-electron chi connectivity index (χ3n) is 4.43. The van der Waals surface area contributed by atoms with Crippen molar-refractivity contribution < 1.29 is 14.4 Å². The highest BCUT2D eigenvalue weighted by Gasteiger charge is 2.33. The van der Waals surface area contributed by atoms with Crippen LogP contribution >= 0.6 is 0 Å². The third-order valence-corrected chi connectivity index (χ3v) is 4.43. The minimum atomic E-state index is -0.752. The smallest absolute Gasteiger partial charge is 0.252 e. The second-order valence-electron chi connectivity index (χ2n) is 7.03. The van der Waals surface area contributed by atoms with E-state index in [4.69, 9.17) is 5.73 Å². The quantitative estimate of drug-likeness (QED) is 0.769. The van der Waals surface area contributed by atoms with Gasteiger partial charge in [0.1, 0.15) is 6.04 Å². The van der Waals surface area contributed by atoms with E-state index in [1.54, 1.807) is 26.2 Å². The van der Waals surface area contributed by atoms with Crippen LogP contribution in [0.25, 0.3) is 0 Å². The number of nitrogens with one attached hydrogen (secondary N) is 1. The molecule has 0 radical (unpaired) electrons. The van der Waals surface area contributed by atoms with Crippen molar-refractivity contribution >= 4 is 17.7 Å². The van der Waals surface area contributed by atoms with E-state index in [1.165, 1.54) is 4.90 Å². The van der Waals surface area contributed by atoms with Gasteiger partial charge in [-0.3, -0.25) is 14.4 Å². The zero-order valence-electron chi connectivity index (χ0n) is 15.4. The molecule has 0 fully saturated rings. The zero-order valence-corrected chi connectivity index (χ0v) is 15.4. The Hall–Kier alpha value is -2.11. The van der Waals surface area contributed by atoms with Gasteiger partial charge in [0.15, 0.2) is 0 Å². The van der Waals surface area contributed by atoms with Gasteiger partial charge in [0.05, 0.1) is 5.92 Å². The van der Waals surface area contributed by atoms with Gasteiger partial charge in [0.2, 0.25) is 11.8 Å². The molecule has 6 nitrogen and oxygen atoms in total. The molecule has 3 atom stereocenters. The van der Waals surface area contributed by atoms with E-state index in [0.29, 0.717) is 0 Å². The van der Waals surface area contributed by atoms with Crippen molar-refractivity contribution in [1.29, 1.82) is 0 Å². The number of primary amides is 1. The highest BCUT2D eigenvalue weighted by atomic mass is 16.2. The summed E-state index contributed by atoms with van der Waals surface area (Å²) in [5.41, 5.74) is 6.40.